The number of nitrogens with zero attached hydrogens (tertiary/aromatic N) is 2. The Morgan fingerprint density at radius 1 is 1.30 bits per heavy atom. The van der Waals surface area contributed by atoms with E-state index in [0.717, 1.165) is 0 Å². The van der Waals surface area contributed by atoms with Crippen molar-refractivity contribution >= 4 is 33.3 Å². The van der Waals surface area contributed by atoms with Crippen molar-refractivity contribution in [3.8, 4) is 0 Å². The van der Waals surface area contributed by atoms with Gasteiger partial charge >= 0.3 is 0 Å². The fourth-order valence-corrected chi connectivity index (χ4v) is 6.56. The van der Waals surface area contributed by atoms with E-state index in [1.54, 1.807) is 13.0 Å². The zero-order valence-corrected chi connectivity index (χ0v) is 18.7. The summed E-state index contributed by atoms with van der Waals surface area (Å²) in [6.45, 7) is 5.60. The molecule has 3 rings (SSSR count). The predicted octanol–water partition coefficient (Wildman–Crippen LogP) is 3.73. The zero-order chi connectivity index (χ0) is 22.1. The standard InChI is InChI=1S/C21H26ClN3O4S/c1-4-15-12-16(10-13(2)21(15,3)27)30(28,29)18-11-14(6-7-17(18)22)19(26)25-20-23-8-5-9-24-20/h5-9,11,13,15-16,27H,4,10,12H2,1-3H3,(H,23,24,25,26)/t13-,15?,16-,21-/m0/s1. The number of amides is 1. The van der Waals surface area contributed by atoms with Crippen LogP contribution < -0.4 is 5.32 Å². The number of aliphatic hydroxyl groups is 1. The lowest BCUT2D eigenvalue weighted by Gasteiger charge is -2.45. The molecule has 1 aromatic carbocycles. The van der Waals surface area contributed by atoms with Gasteiger partial charge in [-0.25, -0.2) is 18.4 Å². The zero-order valence-electron chi connectivity index (χ0n) is 17.2. The first-order valence-electron chi connectivity index (χ1n) is 9.91. The molecule has 0 saturated heterocycles. The molecule has 1 saturated carbocycles. The first-order chi connectivity index (χ1) is 14.1. The molecular formula is C21H26ClN3O4S. The molecule has 2 aromatic rings. The maximum Gasteiger partial charge on any atom is 0.258 e. The molecule has 0 bridgehead atoms. The van der Waals surface area contributed by atoms with E-state index in [1.165, 1.54) is 30.6 Å². The number of carbonyl (C=O) groups is 1. The monoisotopic (exact) mass is 451 g/mol. The summed E-state index contributed by atoms with van der Waals surface area (Å²) in [5.74, 6) is -0.727. The Bertz CT molecular complexity index is 1030. The van der Waals surface area contributed by atoms with Crippen molar-refractivity contribution in [2.45, 2.75) is 55.8 Å². The van der Waals surface area contributed by atoms with E-state index in [0.29, 0.717) is 19.3 Å². The van der Waals surface area contributed by atoms with Crippen LogP contribution in [-0.4, -0.2) is 40.3 Å². The van der Waals surface area contributed by atoms with Gasteiger partial charge < -0.3 is 5.11 Å². The second kappa shape index (κ2) is 8.61. The van der Waals surface area contributed by atoms with Gasteiger partial charge in [-0.1, -0.05) is 31.9 Å². The van der Waals surface area contributed by atoms with Gasteiger partial charge in [0.25, 0.3) is 5.91 Å². The Morgan fingerprint density at radius 2 is 1.97 bits per heavy atom. The Morgan fingerprint density at radius 3 is 2.60 bits per heavy atom. The van der Waals surface area contributed by atoms with Crippen LogP contribution in [0.15, 0.2) is 41.6 Å². The molecule has 1 aromatic heterocycles. The number of benzene rings is 1. The number of rotatable bonds is 5. The van der Waals surface area contributed by atoms with Crippen molar-refractivity contribution in [2.24, 2.45) is 11.8 Å². The van der Waals surface area contributed by atoms with Gasteiger partial charge in [0.1, 0.15) is 0 Å². The Labute approximate surface area is 181 Å². The lowest BCUT2D eigenvalue weighted by molar-refractivity contribution is -0.0729. The minimum Gasteiger partial charge on any atom is -0.390 e. The maximum absolute atomic E-state index is 13.4. The lowest BCUT2D eigenvalue weighted by Crippen LogP contribution is -2.49. The topological polar surface area (TPSA) is 109 Å². The second-order valence-corrected chi connectivity index (χ2v) is 10.6. The molecular weight excluding hydrogens is 426 g/mol. The number of halogens is 1. The summed E-state index contributed by atoms with van der Waals surface area (Å²) >= 11 is 6.24. The first-order valence-corrected chi connectivity index (χ1v) is 11.8. The van der Waals surface area contributed by atoms with Crippen molar-refractivity contribution in [2.75, 3.05) is 5.32 Å². The van der Waals surface area contributed by atoms with Gasteiger partial charge in [-0.15, -0.1) is 0 Å². The molecule has 9 heteroatoms. The molecule has 2 N–H and O–H groups in total. The van der Waals surface area contributed by atoms with Gasteiger partial charge in [0, 0.05) is 18.0 Å². The van der Waals surface area contributed by atoms with Gasteiger partial charge in [-0.05, 0) is 55.9 Å². The third-order valence-corrected chi connectivity index (χ3v) is 8.87. The normalized spacial score (nSPS) is 26.9. The van der Waals surface area contributed by atoms with E-state index in [9.17, 15) is 18.3 Å². The Hall–Kier alpha value is -2.03. The second-order valence-electron chi connectivity index (χ2n) is 8.04. The smallest absolute Gasteiger partial charge is 0.258 e. The van der Waals surface area contributed by atoms with E-state index in [1.807, 2.05) is 13.8 Å². The van der Waals surface area contributed by atoms with Gasteiger partial charge in [0.15, 0.2) is 9.84 Å². The molecule has 7 nitrogen and oxygen atoms in total. The summed E-state index contributed by atoms with van der Waals surface area (Å²) in [4.78, 5) is 20.4. The summed E-state index contributed by atoms with van der Waals surface area (Å²) in [6, 6.07) is 5.79. The van der Waals surface area contributed by atoms with Crippen LogP contribution in [0.4, 0.5) is 5.95 Å². The molecule has 4 atom stereocenters. The molecule has 0 spiro atoms. The van der Waals surface area contributed by atoms with E-state index < -0.39 is 26.6 Å². The largest absolute Gasteiger partial charge is 0.390 e. The average Bonchev–Trinajstić information content (AvgIpc) is 2.70. The van der Waals surface area contributed by atoms with Crippen LogP contribution in [0.2, 0.25) is 5.02 Å². The van der Waals surface area contributed by atoms with Gasteiger partial charge in [-0.3, -0.25) is 10.1 Å². The quantitative estimate of drug-likeness (QED) is 0.716. The highest BCUT2D eigenvalue weighted by Crippen LogP contribution is 2.44. The fourth-order valence-electron chi connectivity index (χ4n) is 4.10. The van der Waals surface area contributed by atoms with Crippen LogP contribution >= 0.6 is 11.6 Å². The van der Waals surface area contributed by atoms with E-state index in [-0.39, 0.29) is 33.3 Å². The third kappa shape index (κ3) is 4.36. The molecule has 1 fully saturated rings. The number of anilines is 1. The number of sulfone groups is 1. The van der Waals surface area contributed by atoms with Crippen molar-refractivity contribution in [3.63, 3.8) is 0 Å². The number of aromatic nitrogens is 2. The molecule has 1 aliphatic carbocycles. The van der Waals surface area contributed by atoms with Crippen LogP contribution in [0.5, 0.6) is 0 Å². The minimum absolute atomic E-state index is 0.0700. The van der Waals surface area contributed by atoms with Crippen LogP contribution in [0.25, 0.3) is 0 Å². The highest BCUT2D eigenvalue weighted by atomic mass is 35.5. The Balaban J connectivity index is 1.91. The fraction of sp³-hybridized carbons (Fsp3) is 0.476. The average molecular weight is 452 g/mol. The number of hydrogen-bond donors (Lipinski definition) is 2. The van der Waals surface area contributed by atoms with Crippen LogP contribution in [0, 0.1) is 11.8 Å². The number of hydrogen-bond acceptors (Lipinski definition) is 6. The highest BCUT2D eigenvalue weighted by Gasteiger charge is 2.47. The molecule has 1 unspecified atom stereocenters. The van der Waals surface area contributed by atoms with E-state index >= 15 is 0 Å². The van der Waals surface area contributed by atoms with Crippen LogP contribution in [0.3, 0.4) is 0 Å². The molecule has 162 valence electrons. The van der Waals surface area contributed by atoms with E-state index in [2.05, 4.69) is 15.3 Å². The first kappa shape index (κ1) is 22.7. The van der Waals surface area contributed by atoms with Gasteiger partial charge in [0.2, 0.25) is 5.95 Å². The summed E-state index contributed by atoms with van der Waals surface area (Å²) < 4.78 is 26.9. The molecule has 0 radical (unpaired) electrons. The SMILES string of the molecule is CCC1C[C@@H](S(=O)(=O)c2cc(C(=O)Nc3ncccn3)ccc2Cl)C[C@H](C)[C@]1(C)O. The third-order valence-electron chi connectivity index (χ3n) is 6.21. The summed E-state index contributed by atoms with van der Waals surface area (Å²) in [5.41, 5.74) is -0.768. The van der Waals surface area contributed by atoms with Gasteiger partial charge in [-0.2, -0.15) is 0 Å². The highest BCUT2D eigenvalue weighted by molar-refractivity contribution is 7.92. The van der Waals surface area contributed by atoms with Crippen molar-refractivity contribution in [1.29, 1.82) is 0 Å². The van der Waals surface area contributed by atoms with Crippen molar-refractivity contribution in [1.82, 2.24) is 9.97 Å². The lowest BCUT2D eigenvalue weighted by atomic mass is 9.69. The van der Waals surface area contributed by atoms with Crippen molar-refractivity contribution < 1.29 is 18.3 Å². The van der Waals surface area contributed by atoms with Gasteiger partial charge in [0.05, 0.1) is 20.8 Å². The molecule has 0 aliphatic heterocycles. The molecule has 1 aliphatic rings. The summed E-state index contributed by atoms with van der Waals surface area (Å²) in [5, 5.41) is 12.7. The van der Waals surface area contributed by atoms with E-state index in [4.69, 9.17) is 11.6 Å². The Kier molecular flexibility index (Phi) is 6.50. The molecule has 30 heavy (non-hydrogen) atoms. The molecule has 1 amide bonds. The number of nitrogens with one attached hydrogen (secondary N) is 1. The minimum atomic E-state index is -3.80. The summed E-state index contributed by atoms with van der Waals surface area (Å²) in [6.07, 6.45) is 4.33. The summed E-state index contributed by atoms with van der Waals surface area (Å²) in [7, 11) is -3.80. The van der Waals surface area contributed by atoms with Crippen molar-refractivity contribution in [3.05, 3.63) is 47.2 Å². The van der Waals surface area contributed by atoms with Crippen LogP contribution in [0.1, 0.15) is 50.4 Å². The number of carbonyl (C=O) groups excluding carboxylic acids is 1. The maximum atomic E-state index is 13.4. The van der Waals surface area contributed by atoms with Crippen LogP contribution in [-0.2, 0) is 9.84 Å². The predicted molar refractivity (Wildman–Crippen MR) is 115 cm³/mol. The molecule has 1 heterocycles.